The standard InChI is InChI=1S/C13H16N2O3S/c1-8(16)19-5-4-12(17)13(18)10-6-9(7-14)2-3-11(10)15/h2-3,6,12-13,17-18H,4-5,15H2,1H3. The van der Waals surface area contributed by atoms with Crippen LogP contribution in [0.25, 0.3) is 0 Å². The van der Waals surface area contributed by atoms with Gasteiger partial charge in [-0.2, -0.15) is 5.26 Å². The van der Waals surface area contributed by atoms with Gasteiger partial charge in [-0.15, -0.1) is 0 Å². The monoisotopic (exact) mass is 280 g/mol. The number of aliphatic hydroxyl groups is 2. The van der Waals surface area contributed by atoms with E-state index in [1.165, 1.54) is 19.1 Å². The number of anilines is 1. The quantitative estimate of drug-likeness (QED) is 0.700. The van der Waals surface area contributed by atoms with Gasteiger partial charge in [-0.1, -0.05) is 11.8 Å². The van der Waals surface area contributed by atoms with Crippen molar-refractivity contribution < 1.29 is 15.0 Å². The molecule has 6 heteroatoms. The van der Waals surface area contributed by atoms with Crippen LogP contribution in [0, 0.1) is 11.3 Å². The zero-order valence-corrected chi connectivity index (χ0v) is 11.4. The molecule has 2 unspecified atom stereocenters. The number of nitrogens with two attached hydrogens (primary N) is 1. The number of aliphatic hydroxyl groups excluding tert-OH is 2. The summed E-state index contributed by atoms with van der Waals surface area (Å²) in [6, 6.07) is 6.48. The van der Waals surface area contributed by atoms with Crippen molar-refractivity contribution >= 4 is 22.6 Å². The Balaban J connectivity index is 2.73. The summed E-state index contributed by atoms with van der Waals surface area (Å²) in [4.78, 5) is 10.8. The van der Waals surface area contributed by atoms with Crippen molar-refractivity contribution in [1.82, 2.24) is 0 Å². The van der Waals surface area contributed by atoms with E-state index in [2.05, 4.69) is 0 Å². The van der Waals surface area contributed by atoms with Crippen LogP contribution in [0.4, 0.5) is 5.69 Å². The Bertz CT molecular complexity index is 499. The molecule has 0 aliphatic rings. The molecule has 102 valence electrons. The topological polar surface area (TPSA) is 107 Å². The first-order chi connectivity index (χ1) is 8.95. The molecule has 4 N–H and O–H groups in total. The first-order valence-corrected chi connectivity index (χ1v) is 6.73. The summed E-state index contributed by atoms with van der Waals surface area (Å²) in [5, 5.41) is 28.6. The lowest BCUT2D eigenvalue weighted by Crippen LogP contribution is -2.20. The van der Waals surface area contributed by atoms with Crippen LogP contribution in [0.15, 0.2) is 18.2 Å². The molecule has 0 bridgehead atoms. The Hall–Kier alpha value is -1.55. The minimum Gasteiger partial charge on any atom is -0.398 e. The minimum absolute atomic E-state index is 0.0346. The molecule has 1 aromatic carbocycles. The van der Waals surface area contributed by atoms with Crippen LogP contribution in [-0.2, 0) is 4.79 Å². The first-order valence-electron chi connectivity index (χ1n) is 5.74. The Labute approximate surface area is 116 Å². The lowest BCUT2D eigenvalue weighted by molar-refractivity contribution is -0.109. The summed E-state index contributed by atoms with van der Waals surface area (Å²) in [6.07, 6.45) is -1.93. The third kappa shape index (κ3) is 4.56. The fraction of sp³-hybridized carbons (Fsp3) is 0.385. The number of benzene rings is 1. The van der Waals surface area contributed by atoms with E-state index in [9.17, 15) is 15.0 Å². The Morgan fingerprint density at radius 3 is 2.79 bits per heavy atom. The average Bonchev–Trinajstić information content (AvgIpc) is 2.38. The average molecular weight is 280 g/mol. The lowest BCUT2D eigenvalue weighted by Gasteiger charge is -2.19. The number of nitrogens with zero attached hydrogens (tertiary/aromatic N) is 1. The van der Waals surface area contributed by atoms with E-state index in [1.807, 2.05) is 6.07 Å². The second kappa shape index (κ2) is 7.14. The molecule has 19 heavy (non-hydrogen) atoms. The highest BCUT2D eigenvalue weighted by Crippen LogP contribution is 2.26. The maximum Gasteiger partial charge on any atom is 0.185 e. The fourth-order valence-corrected chi connectivity index (χ4v) is 2.24. The zero-order chi connectivity index (χ0) is 14.4. The highest BCUT2D eigenvalue weighted by Gasteiger charge is 2.20. The highest BCUT2D eigenvalue weighted by molar-refractivity contribution is 8.13. The van der Waals surface area contributed by atoms with Gasteiger partial charge in [0.25, 0.3) is 0 Å². The first kappa shape index (κ1) is 15.5. The van der Waals surface area contributed by atoms with E-state index in [4.69, 9.17) is 11.0 Å². The Kier molecular flexibility index (Phi) is 5.83. The van der Waals surface area contributed by atoms with Crippen LogP contribution in [0.3, 0.4) is 0 Å². The van der Waals surface area contributed by atoms with Gasteiger partial charge >= 0.3 is 0 Å². The molecule has 1 aromatic rings. The third-order valence-corrected chi connectivity index (χ3v) is 3.46. The smallest absolute Gasteiger partial charge is 0.185 e. The molecule has 0 aliphatic heterocycles. The number of thioether (sulfide) groups is 1. The third-order valence-electron chi connectivity index (χ3n) is 2.62. The summed E-state index contributed by atoms with van der Waals surface area (Å²) in [5.41, 5.74) is 6.75. The fourth-order valence-electron chi connectivity index (χ4n) is 1.59. The summed E-state index contributed by atoms with van der Waals surface area (Å²) < 4.78 is 0. The maximum atomic E-state index is 10.8. The molecule has 0 saturated carbocycles. The van der Waals surface area contributed by atoms with Crippen LogP contribution >= 0.6 is 11.8 Å². The van der Waals surface area contributed by atoms with Crippen molar-refractivity contribution in [3.8, 4) is 6.07 Å². The molecule has 0 amide bonds. The molecular weight excluding hydrogens is 264 g/mol. The molecule has 5 nitrogen and oxygen atoms in total. The van der Waals surface area contributed by atoms with Crippen LogP contribution < -0.4 is 5.73 Å². The number of nitriles is 1. The second-order valence-corrected chi connectivity index (χ2v) is 5.37. The van der Waals surface area contributed by atoms with Crippen LogP contribution in [0.2, 0.25) is 0 Å². The van der Waals surface area contributed by atoms with Crippen molar-refractivity contribution in [3.63, 3.8) is 0 Å². The molecule has 0 heterocycles. The lowest BCUT2D eigenvalue weighted by atomic mass is 9.99. The number of hydrogen-bond donors (Lipinski definition) is 3. The van der Waals surface area contributed by atoms with E-state index in [1.54, 1.807) is 6.07 Å². The van der Waals surface area contributed by atoms with Gasteiger partial charge < -0.3 is 15.9 Å². The minimum atomic E-state index is -1.17. The molecule has 0 aliphatic carbocycles. The summed E-state index contributed by atoms with van der Waals surface area (Å²) in [6.45, 7) is 1.45. The van der Waals surface area contributed by atoms with E-state index >= 15 is 0 Å². The number of carbonyl (C=O) groups excluding carboxylic acids is 1. The highest BCUT2D eigenvalue weighted by atomic mass is 32.2. The van der Waals surface area contributed by atoms with Gasteiger partial charge in [-0.3, -0.25) is 4.79 Å². The summed E-state index contributed by atoms with van der Waals surface area (Å²) >= 11 is 1.09. The number of carbonyl (C=O) groups is 1. The molecule has 0 saturated heterocycles. The van der Waals surface area contributed by atoms with Crippen LogP contribution in [0.1, 0.15) is 30.6 Å². The molecule has 0 fully saturated rings. The Morgan fingerprint density at radius 1 is 1.53 bits per heavy atom. The molecule has 0 spiro atoms. The van der Waals surface area contributed by atoms with Gasteiger partial charge in [0.2, 0.25) is 0 Å². The van der Waals surface area contributed by atoms with Crippen molar-refractivity contribution in [2.45, 2.75) is 25.6 Å². The van der Waals surface area contributed by atoms with Gasteiger partial charge in [-0.25, -0.2) is 0 Å². The molecular formula is C13H16N2O3S. The largest absolute Gasteiger partial charge is 0.398 e. The van der Waals surface area contributed by atoms with Crippen molar-refractivity contribution in [3.05, 3.63) is 29.3 Å². The number of rotatable bonds is 5. The van der Waals surface area contributed by atoms with Crippen LogP contribution in [-0.4, -0.2) is 27.2 Å². The number of nitrogen functional groups attached to an aromatic ring is 1. The van der Waals surface area contributed by atoms with Crippen molar-refractivity contribution in [2.75, 3.05) is 11.5 Å². The van der Waals surface area contributed by atoms with E-state index in [0.29, 0.717) is 22.6 Å². The second-order valence-electron chi connectivity index (χ2n) is 4.10. The van der Waals surface area contributed by atoms with Gasteiger partial charge in [0.1, 0.15) is 6.10 Å². The molecule has 2 atom stereocenters. The number of hydrogen-bond acceptors (Lipinski definition) is 6. The van der Waals surface area contributed by atoms with Crippen LogP contribution in [0.5, 0.6) is 0 Å². The summed E-state index contributed by atoms with van der Waals surface area (Å²) in [7, 11) is 0. The predicted octanol–water partition coefficient (Wildman–Crippen LogP) is 1.20. The Morgan fingerprint density at radius 2 is 2.21 bits per heavy atom. The SMILES string of the molecule is CC(=O)SCCC(O)C(O)c1cc(C#N)ccc1N. The maximum absolute atomic E-state index is 10.8. The van der Waals surface area contributed by atoms with Crippen molar-refractivity contribution in [2.24, 2.45) is 0 Å². The molecule has 1 rings (SSSR count). The van der Waals surface area contributed by atoms with E-state index < -0.39 is 12.2 Å². The van der Waals surface area contributed by atoms with Crippen molar-refractivity contribution in [1.29, 1.82) is 5.26 Å². The van der Waals surface area contributed by atoms with Gasteiger partial charge in [0.15, 0.2) is 5.12 Å². The zero-order valence-electron chi connectivity index (χ0n) is 10.5. The van der Waals surface area contributed by atoms with E-state index in [-0.39, 0.29) is 11.5 Å². The normalized spacial score (nSPS) is 13.6. The summed E-state index contributed by atoms with van der Waals surface area (Å²) in [5.74, 6) is 0.422. The van der Waals surface area contributed by atoms with Gasteiger partial charge in [0.05, 0.1) is 17.7 Å². The van der Waals surface area contributed by atoms with Gasteiger partial charge in [-0.05, 0) is 24.6 Å². The molecule has 0 radical (unpaired) electrons. The molecule has 0 aromatic heterocycles. The van der Waals surface area contributed by atoms with E-state index in [0.717, 1.165) is 11.8 Å². The predicted molar refractivity (Wildman–Crippen MR) is 74.3 cm³/mol. The van der Waals surface area contributed by atoms with Gasteiger partial charge in [0, 0.05) is 23.9 Å².